The quantitative estimate of drug-likeness (QED) is 0.918. The van der Waals surface area contributed by atoms with Gasteiger partial charge in [0.05, 0.1) is 7.11 Å². The Hall–Kier alpha value is -1.58. The number of ether oxygens (including phenoxy) is 1. The molecule has 1 atom stereocenters. The van der Waals surface area contributed by atoms with E-state index in [2.05, 4.69) is 0 Å². The van der Waals surface area contributed by atoms with E-state index in [0.717, 1.165) is 16.9 Å². The van der Waals surface area contributed by atoms with Gasteiger partial charge in [-0.3, -0.25) is 0 Å². The number of benzene rings is 2. The van der Waals surface area contributed by atoms with Crippen LogP contribution in [0.2, 0.25) is 5.02 Å². The van der Waals surface area contributed by atoms with E-state index in [4.69, 9.17) is 22.1 Å². The molecule has 0 radical (unpaired) electrons. The number of halogens is 2. The molecule has 4 heteroatoms. The van der Waals surface area contributed by atoms with E-state index in [-0.39, 0.29) is 5.82 Å². The van der Waals surface area contributed by atoms with Gasteiger partial charge in [-0.2, -0.15) is 0 Å². The number of aryl methyl sites for hydroxylation is 1. The maximum atomic E-state index is 13.8. The zero-order chi connectivity index (χ0) is 15.6. The monoisotopic (exact) mass is 307 g/mol. The normalized spacial score (nSPS) is 13.8. The van der Waals surface area contributed by atoms with Crippen LogP contribution in [0.3, 0.4) is 0 Å². The SMILES string of the molecule is COc1ccc(Cl)cc1CC(C)(N)c1ccc(C)c(F)c1. The zero-order valence-electron chi connectivity index (χ0n) is 12.4. The van der Waals surface area contributed by atoms with Gasteiger partial charge in [-0.25, -0.2) is 4.39 Å². The fourth-order valence-corrected chi connectivity index (χ4v) is 2.53. The summed E-state index contributed by atoms with van der Waals surface area (Å²) in [5, 5.41) is 0.622. The number of nitrogens with two attached hydrogens (primary N) is 1. The summed E-state index contributed by atoms with van der Waals surface area (Å²) in [5.74, 6) is 0.478. The first-order valence-corrected chi connectivity index (χ1v) is 7.09. The molecule has 2 aromatic rings. The summed E-state index contributed by atoms with van der Waals surface area (Å²) in [6.07, 6.45) is 0.499. The molecule has 2 N–H and O–H groups in total. The Kier molecular flexibility index (Phi) is 4.55. The molecule has 2 rings (SSSR count). The van der Waals surface area contributed by atoms with E-state index >= 15 is 0 Å². The number of rotatable bonds is 4. The predicted octanol–water partition coefficient (Wildman–Crippen LogP) is 4.21. The van der Waals surface area contributed by atoms with Crippen LogP contribution in [0, 0.1) is 12.7 Å². The first-order chi connectivity index (χ1) is 9.83. The van der Waals surface area contributed by atoms with Crippen molar-refractivity contribution in [3.63, 3.8) is 0 Å². The minimum Gasteiger partial charge on any atom is -0.496 e. The van der Waals surface area contributed by atoms with Crippen LogP contribution in [0.15, 0.2) is 36.4 Å². The molecule has 21 heavy (non-hydrogen) atoms. The third-order valence-electron chi connectivity index (χ3n) is 3.63. The fraction of sp³-hybridized carbons (Fsp3) is 0.294. The van der Waals surface area contributed by atoms with Gasteiger partial charge in [-0.15, -0.1) is 0 Å². The van der Waals surface area contributed by atoms with E-state index < -0.39 is 5.54 Å². The minimum absolute atomic E-state index is 0.248. The molecular formula is C17H19ClFNO. The summed E-state index contributed by atoms with van der Waals surface area (Å²) in [6, 6.07) is 10.5. The lowest BCUT2D eigenvalue weighted by Crippen LogP contribution is -2.35. The number of hydrogen-bond donors (Lipinski definition) is 1. The Bertz CT molecular complexity index is 655. The van der Waals surface area contributed by atoms with E-state index in [0.29, 0.717) is 17.0 Å². The van der Waals surface area contributed by atoms with Gasteiger partial charge in [0, 0.05) is 10.6 Å². The maximum Gasteiger partial charge on any atom is 0.126 e. The lowest BCUT2D eigenvalue weighted by Gasteiger charge is -2.26. The lowest BCUT2D eigenvalue weighted by atomic mass is 9.86. The molecule has 0 spiro atoms. The van der Waals surface area contributed by atoms with Crippen LogP contribution in [0.25, 0.3) is 0 Å². The molecule has 0 saturated carbocycles. The van der Waals surface area contributed by atoms with Gasteiger partial charge in [-0.1, -0.05) is 23.7 Å². The minimum atomic E-state index is -0.716. The van der Waals surface area contributed by atoms with Crippen LogP contribution in [-0.4, -0.2) is 7.11 Å². The van der Waals surface area contributed by atoms with Gasteiger partial charge in [0.1, 0.15) is 11.6 Å². The van der Waals surface area contributed by atoms with Crippen molar-refractivity contribution in [3.05, 3.63) is 63.9 Å². The van der Waals surface area contributed by atoms with Crippen molar-refractivity contribution < 1.29 is 9.13 Å². The molecule has 0 aliphatic heterocycles. The smallest absolute Gasteiger partial charge is 0.126 e. The van der Waals surface area contributed by atoms with Crippen LogP contribution < -0.4 is 10.5 Å². The van der Waals surface area contributed by atoms with E-state index in [9.17, 15) is 4.39 Å². The molecule has 0 bridgehead atoms. The highest BCUT2D eigenvalue weighted by atomic mass is 35.5. The van der Waals surface area contributed by atoms with E-state index in [1.54, 1.807) is 26.2 Å². The third-order valence-corrected chi connectivity index (χ3v) is 3.87. The number of hydrogen-bond acceptors (Lipinski definition) is 2. The molecule has 0 aliphatic rings. The Morgan fingerprint density at radius 1 is 1.24 bits per heavy atom. The molecule has 112 valence electrons. The van der Waals surface area contributed by atoms with Gasteiger partial charge in [0.15, 0.2) is 0 Å². The molecule has 0 aliphatic carbocycles. The molecule has 0 fully saturated rings. The van der Waals surface area contributed by atoms with Crippen LogP contribution in [0.1, 0.15) is 23.6 Å². The Morgan fingerprint density at radius 3 is 2.57 bits per heavy atom. The molecule has 2 aromatic carbocycles. The average molecular weight is 308 g/mol. The summed E-state index contributed by atoms with van der Waals surface area (Å²) in [5.41, 5.74) is 7.93. The molecule has 2 nitrogen and oxygen atoms in total. The third kappa shape index (κ3) is 3.55. The summed E-state index contributed by atoms with van der Waals surface area (Å²) in [6.45, 7) is 3.60. The van der Waals surface area contributed by atoms with Crippen molar-refractivity contribution in [3.8, 4) is 5.75 Å². The summed E-state index contributed by atoms with van der Waals surface area (Å²) in [4.78, 5) is 0. The van der Waals surface area contributed by atoms with Crippen molar-refractivity contribution in [1.29, 1.82) is 0 Å². The largest absolute Gasteiger partial charge is 0.496 e. The highest BCUT2D eigenvalue weighted by molar-refractivity contribution is 6.30. The van der Waals surface area contributed by atoms with Crippen molar-refractivity contribution in [1.82, 2.24) is 0 Å². The standard InChI is InChI=1S/C17H19ClFNO/c1-11-4-5-13(9-15(11)19)17(2,20)10-12-8-14(18)6-7-16(12)21-3/h4-9H,10,20H2,1-3H3. The van der Waals surface area contributed by atoms with Gasteiger partial charge in [-0.05, 0) is 61.2 Å². The Labute approximate surface area is 129 Å². The lowest BCUT2D eigenvalue weighted by molar-refractivity contribution is 0.399. The van der Waals surface area contributed by atoms with Crippen LogP contribution in [-0.2, 0) is 12.0 Å². The van der Waals surface area contributed by atoms with E-state index in [1.807, 2.05) is 25.1 Å². The Morgan fingerprint density at radius 2 is 1.95 bits per heavy atom. The van der Waals surface area contributed by atoms with Crippen LogP contribution in [0.4, 0.5) is 4.39 Å². The highest BCUT2D eigenvalue weighted by Crippen LogP contribution is 2.30. The molecule has 0 saturated heterocycles. The van der Waals surface area contributed by atoms with Crippen molar-refractivity contribution in [2.24, 2.45) is 5.73 Å². The van der Waals surface area contributed by atoms with Crippen molar-refractivity contribution in [2.45, 2.75) is 25.8 Å². The number of methoxy groups -OCH3 is 1. The van der Waals surface area contributed by atoms with Crippen LogP contribution in [0.5, 0.6) is 5.75 Å². The highest BCUT2D eigenvalue weighted by Gasteiger charge is 2.24. The summed E-state index contributed by atoms with van der Waals surface area (Å²) in [7, 11) is 1.60. The van der Waals surface area contributed by atoms with Crippen molar-refractivity contribution in [2.75, 3.05) is 7.11 Å². The van der Waals surface area contributed by atoms with Gasteiger partial charge in [0.25, 0.3) is 0 Å². The average Bonchev–Trinajstić information content (AvgIpc) is 2.41. The van der Waals surface area contributed by atoms with Gasteiger partial charge < -0.3 is 10.5 Å². The second-order valence-corrected chi connectivity index (χ2v) is 5.95. The predicted molar refractivity (Wildman–Crippen MR) is 84.4 cm³/mol. The van der Waals surface area contributed by atoms with Gasteiger partial charge in [0.2, 0.25) is 0 Å². The Balaban J connectivity index is 2.36. The molecular weight excluding hydrogens is 289 g/mol. The fourth-order valence-electron chi connectivity index (χ4n) is 2.33. The topological polar surface area (TPSA) is 35.2 Å². The molecule has 1 unspecified atom stereocenters. The zero-order valence-corrected chi connectivity index (χ0v) is 13.2. The second-order valence-electron chi connectivity index (χ2n) is 5.51. The maximum absolute atomic E-state index is 13.8. The second kappa shape index (κ2) is 6.04. The first kappa shape index (κ1) is 15.8. The first-order valence-electron chi connectivity index (χ1n) is 6.71. The molecule has 0 aromatic heterocycles. The van der Waals surface area contributed by atoms with Gasteiger partial charge >= 0.3 is 0 Å². The van der Waals surface area contributed by atoms with Crippen LogP contribution >= 0.6 is 11.6 Å². The summed E-state index contributed by atoms with van der Waals surface area (Å²) >= 11 is 6.04. The molecule has 0 amide bonds. The van der Waals surface area contributed by atoms with Crippen molar-refractivity contribution >= 4 is 11.6 Å². The van der Waals surface area contributed by atoms with E-state index in [1.165, 1.54) is 6.07 Å². The summed E-state index contributed by atoms with van der Waals surface area (Å²) < 4.78 is 19.1. The molecule has 0 heterocycles.